The average molecular weight is 507 g/mol. The van der Waals surface area contributed by atoms with Gasteiger partial charge in [-0.3, -0.25) is 0 Å². The minimum atomic E-state index is -0.890. The van der Waals surface area contributed by atoms with Gasteiger partial charge in [0.2, 0.25) is 0 Å². The quantitative estimate of drug-likeness (QED) is 0.136. The molecule has 0 saturated carbocycles. The predicted molar refractivity (Wildman–Crippen MR) is 147 cm³/mol. The molecule has 0 aromatic rings. The van der Waals surface area contributed by atoms with E-state index in [4.69, 9.17) is 0 Å². The molecule has 0 N–H and O–H groups in total. The van der Waals surface area contributed by atoms with E-state index >= 15 is 0 Å². The SMILES string of the molecule is CCCCCCCCCC(C)(C(=O)[O-])C(C)C.CCCCCCCCCC(C)(C(=O)[O-])C(C)C.[Mg+2]. The van der Waals surface area contributed by atoms with E-state index in [0.717, 1.165) is 38.5 Å². The molecule has 204 valence electrons. The van der Waals surface area contributed by atoms with Crippen LogP contribution in [-0.2, 0) is 9.59 Å². The van der Waals surface area contributed by atoms with E-state index in [-0.39, 0.29) is 34.9 Å². The minimum Gasteiger partial charge on any atom is -0.550 e. The summed E-state index contributed by atoms with van der Waals surface area (Å²) in [5.74, 6) is -1.49. The maximum Gasteiger partial charge on any atom is 2.00 e. The van der Waals surface area contributed by atoms with Crippen molar-refractivity contribution in [3.63, 3.8) is 0 Å². The van der Waals surface area contributed by atoms with E-state index in [0.29, 0.717) is 0 Å². The Labute approximate surface area is 235 Å². The molecule has 4 nitrogen and oxygen atoms in total. The first-order chi connectivity index (χ1) is 15.9. The molecule has 2 unspecified atom stereocenters. The fraction of sp³-hybridized carbons (Fsp3) is 0.933. The molecule has 0 radical (unpaired) electrons. The van der Waals surface area contributed by atoms with Gasteiger partial charge in [-0.2, -0.15) is 0 Å². The van der Waals surface area contributed by atoms with Gasteiger partial charge in [0, 0.05) is 22.8 Å². The predicted octanol–water partition coefficient (Wildman–Crippen LogP) is 6.70. The Morgan fingerprint density at radius 3 is 0.971 bits per heavy atom. The number of carbonyl (C=O) groups excluding carboxylic acids is 2. The molecular weight excluding hydrogens is 449 g/mol. The van der Waals surface area contributed by atoms with E-state index in [1.807, 2.05) is 41.5 Å². The zero-order valence-electron chi connectivity index (χ0n) is 24.8. The number of carbonyl (C=O) groups is 2. The van der Waals surface area contributed by atoms with Crippen molar-refractivity contribution in [2.75, 3.05) is 0 Å². The van der Waals surface area contributed by atoms with E-state index in [1.165, 1.54) is 64.2 Å². The second-order valence-electron chi connectivity index (χ2n) is 11.5. The summed E-state index contributed by atoms with van der Waals surface area (Å²) in [6.07, 6.45) is 18.7. The van der Waals surface area contributed by atoms with Gasteiger partial charge in [-0.05, 0) is 24.7 Å². The molecule has 2 atom stereocenters. The summed E-state index contributed by atoms with van der Waals surface area (Å²) >= 11 is 0. The van der Waals surface area contributed by atoms with E-state index in [1.54, 1.807) is 0 Å². The van der Waals surface area contributed by atoms with Gasteiger partial charge in [-0.25, -0.2) is 0 Å². The van der Waals surface area contributed by atoms with Crippen LogP contribution in [0.1, 0.15) is 158 Å². The molecule has 0 rings (SSSR count). The van der Waals surface area contributed by atoms with Crippen LogP contribution in [0.2, 0.25) is 0 Å². The number of aliphatic carboxylic acids is 2. The Morgan fingerprint density at radius 1 is 0.543 bits per heavy atom. The molecular formula is C30H58MgO4. The molecule has 0 fully saturated rings. The number of hydrogen-bond acceptors (Lipinski definition) is 4. The van der Waals surface area contributed by atoms with Crippen LogP contribution in [0.4, 0.5) is 0 Å². The number of carboxylic acid groups (broad SMARTS) is 2. The van der Waals surface area contributed by atoms with Crippen molar-refractivity contribution in [2.45, 2.75) is 158 Å². The van der Waals surface area contributed by atoms with Gasteiger partial charge < -0.3 is 19.8 Å². The number of carboxylic acids is 2. The van der Waals surface area contributed by atoms with Crippen molar-refractivity contribution in [1.29, 1.82) is 0 Å². The fourth-order valence-corrected chi connectivity index (χ4v) is 4.15. The molecule has 0 heterocycles. The van der Waals surface area contributed by atoms with Gasteiger partial charge in [-0.15, -0.1) is 0 Å². The molecule has 0 saturated heterocycles. The van der Waals surface area contributed by atoms with Crippen LogP contribution >= 0.6 is 0 Å². The summed E-state index contributed by atoms with van der Waals surface area (Å²) in [4.78, 5) is 22.3. The Morgan fingerprint density at radius 2 is 0.771 bits per heavy atom. The Bertz CT molecular complexity index is 474. The second kappa shape index (κ2) is 22.9. The van der Waals surface area contributed by atoms with Crippen LogP contribution in [0.5, 0.6) is 0 Å². The monoisotopic (exact) mass is 506 g/mol. The Kier molecular flexibility index (Phi) is 25.6. The largest absolute Gasteiger partial charge is 2.00 e. The Hall–Kier alpha value is -0.294. The molecule has 0 amide bonds. The summed E-state index contributed by atoms with van der Waals surface area (Å²) in [6, 6.07) is 0. The third kappa shape index (κ3) is 17.7. The maximum atomic E-state index is 11.2. The molecule has 0 aromatic heterocycles. The van der Waals surface area contributed by atoms with Gasteiger partial charge >= 0.3 is 23.1 Å². The van der Waals surface area contributed by atoms with Crippen LogP contribution in [0.15, 0.2) is 0 Å². The van der Waals surface area contributed by atoms with E-state index in [9.17, 15) is 19.8 Å². The van der Waals surface area contributed by atoms with Crippen LogP contribution in [-0.4, -0.2) is 35.0 Å². The third-order valence-corrected chi connectivity index (χ3v) is 8.08. The number of unbranched alkanes of at least 4 members (excludes halogenated alkanes) is 12. The van der Waals surface area contributed by atoms with Crippen molar-refractivity contribution >= 4 is 35.0 Å². The third-order valence-electron chi connectivity index (χ3n) is 8.08. The smallest absolute Gasteiger partial charge is 0.550 e. The molecule has 0 spiro atoms. The first kappa shape index (κ1) is 39.2. The van der Waals surface area contributed by atoms with E-state index in [2.05, 4.69) is 13.8 Å². The van der Waals surface area contributed by atoms with Crippen LogP contribution < -0.4 is 10.2 Å². The zero-order valence-corrected chi connectivity index (χ0v) is 26.2. The van der Waals surface area contributed by atoms with Gasteiger partial charge in [0.25, 0.3) is 0 Å². The maximum absolute atomic E-state index is 11.2. The van der Waals surface area contributed by atoms with Crippen molar-refractivity contribution in [1.82, 2.24) is 0 Å². The van der Waals surface area contributed by atoms with Crippen molar-refractivity contribution in [3.8, 4) is 0 Å². The normalized spacial score (nSPS) is 14.5. The summed E-state index contributed by atoms with van der Waals surface area (Å²) < 4.78 is 0. The van der Waals surface area contributed by atoms with Crippen LogP contribution in [0.3, 0.4) is 0 Å². The second-order valence-corrected chi connectivity index (χ2v) is 11.5. The average Bonchev–Trinajstić information content (AvgIpc) is 2.77. The number of rotatable bonds is 20. The van der Waals surface area contributed by atoms with Crippen LogP contribution in [0.25, 0.3) is 0 Å². The van der Waals surface area contributed by atoms with Gasteiger partial charge in [0.1, 0.15) is 0 Å². The molecule has 5 heteroatoms. The summed E-state index contributed by atoms with van der Waals surface area (Å²) in [5, 5.41) is 22.3. The standard InChI is InChI=1S/2C15H30O2.Mg/c2*1-5-6-7-8-9-10-11-12-15(4,13(2)3)14(16)17;/h2*13H,5-12H2,1-4H3,(H,16,17);/q;;+2/p-2. The zero-order chi connectivity index (χ0) is 26.6. The first-order valence-corrected chi connectivity index (χ1v) is 14.3. The molecule has 0 aromatic carbocycles. The molecule has 0 aliphatic carbocycles. The van der Waals surface area contributed by atoms with Crippen molar-refractivity contribution < 1.29 is 19.8 Å². The van der Waals surface area contributed by atoms with Gasteiger partial charge in [-0.1, -0.05) is 145 Å². The van der Waals surface area contributed by atoms with Crippen molar-refractivity contribution in [2.24, 2.45) is 22.7 Å². The Balaban J connectivity index is -0.000000569. The summed E-state index contributed by atoms with van der Waals surface area (Å²) in [6.45, 7) is 16.0. The summed E-state index contributed by atoms with van der Waals surface area (Å²) in [7, 11) is 0. The number of hydrogen-bond donors (Lipinski definition) is 0. The topological polar surface area (TPSA) is 80.3 Å². The molecule has 0 aliphatic heterocycles. The van der Waals surface area contributed by atoms with Crippen LogP contribution in [0, 0.1) is 22.7 Å². The van der Waals surface area contributed by atoms with Gasteiger partial charge in [0.05, 0.1) is 0 Å². The molecule has 0 aliphatic rings. The molecule has 0 bridgehead atoms. The summed E-state index contributed by atoms with van der Waals surface area (Å²) in [5.41, 5.74) is -1.30. The van der Waals surface area contributed by atoms with Crippen molar-refractivity contribution in [3.05, 3.63) is 0 Å². The minimum absolute atomic E-state index is 0. The molecule has 35 heavy (non-hydrogen) atoms. The van der Waals surface area contributed by atoms with Gasteiger partial charge in [0.15, 0.2) is 0 Å². The van der Waals surface area contributed by atoms with E-state index < -0.39 is 22.8 Å². The first-order valence-electron chi connectivity index (χ1n) is 14.3. The fourth-order valence-electron chi connectivity index (χ4n) is 4.15.